The largest absolute Gasteiger partial charge is 0.370 e. The molecule has 1 fully saturated rings. The van der Waals surface area contributed by atoms with E-state index in [-0.39, 0.29) is 24.0 Å². The van der Waals surface area contributed by atoms with E-state index >= 15 is 0 Å². The van der Waals surface area contributed by atoms with Crippen LogP contribution in [0, 0.1) is 0 Å². The molecule has 0 aromatic carbocycles. The number of guanidine groups is 1. The summed E-state index contributed by atoms with van der Waals surface area (Å²) in [5.74, 6) is 0.586. The zero-order valence-electron chi connectivity index (χ0n) is 12.8. The van der Waals surface area contributed by atoms with Crippen LogP contribution in [0.1, 0.15) is 55.5 Å². The number of nitrogens with two attached hydrogens (primary N) is 1. The van der Waals surface area contributed by atoms with E-state index in [4.69, 9.17) is 5.73 Å². The monoisotopic (exact) mass is 403 g/mol. The first-order valence-electron chi connectivity index (χ1n) is 7.84. The number of nitrogens with one attached hydrogen (secondary N) is 1. The highest BCUT2D eigenvalue weighted by atomic mass is 127. The van der Waals surface area contributed by atoms with Crippen molar-refractivity contribution in [2.45, 2.75) is 64.0 Å². The number of aromatic nitrogens is 2. The maximum atomic E-state index is 6.01. The first-order valence-corrected chi connectivity index (χ1v) is 7.84. The van der Waals surface area contributed by atoms with Gasteiger partial charge in [-0.25, -0.2) is 4.99 Å². The van der Waals surface area contributed by atoms with Crippen LogP contribution < -0.4 is 11.1 Å². The van der Waals surface area contributed by atoms with Gasteiger partial charge in [0, 0.05) is 13.1 Å². The molecule has 0 saturated heterocycles. The predicted molar refractivity (Wildman–Crippen MR) is 96.0 cm³/mol. The van der Waals surface area contributed by atoms with Gasteiger partial charge in [-0.2, -0.15) is 5.10 Å². The van der Waals surface area contributed by atoms with Crippen molar-refractivity contribution in [2.75, 3.05) is 0 Å². The van der Waals surface area contributed by atoms with Gasteiger partial charge in [0.25, 0.3) is 0 Å². The minimum absolute atomic E-state index is 0. The van der Waals surface area contributed by atoms with Gasteiger partial charge in [-0.05, 0) is 44.1 Å². The van der Waals surface area contributed by atoms with Crippen LogP contribution in [0.15, 0.2) is 4.99 Å². The Labute approximate surface area is 143 Å². The molecule has 5 nitrogen and oxygen atoms in total. The van der Waals surface area contributed by atoms with Crippen molar-refractivity contribution in [2.24, 2.45) is 17.8 Å². The summed E-state index contributed by atoms with van der Waals surface area (Å²) in [5, 5.41) is 7.96. The molecule has 0 bridgehead atoms. The quantitative estimate of drug-likeness (QED) is 0.462. The third-order valence-electron chi connectivity index (χ3n) is 4.55. The Bertz CT molecular complexity index is 502. The normalized spacial score (nSPS) is 19.2. The Morgan fingerprint density at radius 1 is 1.29 bits per heavy atom. The number of aryl methyl sites for hydroxylation is 2. The molecular formula is C15H26IN5. The van der Waals surface area contributed by atoms with Crippen LogP contribution in [-0.2, 0) is 26.4 Å². The van der Waals surface area contributed by atoms with Crippen molar-refractivity contribution < 1.29 is 0 Å². The summed E-state index contributed by atoms with van der Waals surface area (Å²) in [5.41, 5.74) is 9.92. The molecule has 118 valence electrons. The number of nitrogens with zero attached hydrogens (tertiary/aromatic N) is 3. The maximum absolute atomic E-state index is 6.01. The molecular weight excluding hydrogens is 377 g/mol. The predicted octanol–water partition coefficient (Wildman–Crippen LogP) is 2.26. The van der Waals surface area contributed by atoms with Crippen molar-refractivity contribution in [3.05, 3.63) is 17.0 Å². The fourth-order valence-corrected chi connectivity index (χ4v) is 3.43. The summed E-state index contributed by atoms with van der Waals surface area (Å²) >= 11 is 0. The molecule has 0 amide bonds. The van der Waals surface area contributed by atoms with Gasteiger partial charge in [-0.3, -0.25) is 4.68 Å². The molecule has 0 spiro atoms. The molecule has 3 N–H and O–H groups in total. The van der Waals surface area contributed by atoms with E-state index < -0.39 is 0 Å². The first kappa shape index (κ1) is 16.6. The summed E-state index contributed by atoms with van der Waals surface area (Å²) in [4.78, 5) is 4.52. The van der Waals surface area contributed by atoms with E-state index in [1.807, 2.05) is 11.7 Å². The average molecular weight is 403 g/mol. The SMILES string of the molecule is Cn1nc2c(c1CN=C(N)NC1CCCC1)CCCC2.I. The minimum atomic E-state index is 0. The number of hydrogen-bond acceptors (Lipinski definition) is 2. The smallest absolute Gasteiger partial charge is 0.189 e. The van der Waals surface area contributed by atoms with Gasteiger partial charge in [0.15, 0.2) is 5.96 Å². The zero-order chi connectivity index (χ0) is 13.9. The summed E-state index contributed by atoms with van der Waals surface area (Å²) < 4.78 is 1.99. The number of fused-ring (bicyclic) bond motifs is 1. The van der Waals surface area contributed by atoms with Gasteiger partial charge in [0.1, 0.15) is 0 Å². The molecule has 0 radical (unpaired) electrons. The molecule has 1 heterocycles. The molecule has 0 unspecified atom stereocenters. The Balaban J connectivity index is 0.00000161. The summed E-state index contributed by atoms with van der Waals surface area (Å²) in [7, 11) is 2.02. The highest BCUT2D eigenvalue weighted by Gasteiger charge is 2.19. The average Bonchev–Trinajstić information content (AvgIpc) is 3.03. The molecule has 1 saturated carbocycles. The second kappa shape index (κ2) is 7.47. The van der Waals surface area contributed by atoms with Gasteiger partial charge in [-0.15, -0.1) is 24.0 Å². The number of aliphatic imine (C=N–C) groups is 1. The molecule has 2 aliphatic carbocycles. The standard InChI is InChI=1S/C15H25N5.HI/c1-20-14(12-8-4-5-9-13(12)19-20)10-17-15(16)18-11-6-2-3-7-11;/h11H,2-10H2,1H3,(H3,16,17,18);1H. The third-order valence-corrected chi connectivity index (χ3v) is 4.55. The lowest BCUT2D eigenvalue weighted by atomic mass is 9.96. The Hall–Kier alpha value is -0.790. The number of rotatable bonds is 3. The van der Waals surface area contributed by atoms with Crippen molar-refractivity contribution in [3.63, 3.8) is 0 Å². The molecule has 1 aromatic rings. The van der Waals surface area contributed by atoms with Gasteiger partial charge >= 0.3 is 0 Å². The van der Waals surface area contributed by atoms with Crippen LogP contribution in [0.4, 0.5) is 0 Å². The van der Waals surface area contributed by atoms with E-state index in [9.17, 15) is 0 Å². The Kier molecular flexibility index (Phi) is 5.89. The molecule has 3 rings (SSSR count). The lowest BCUT2D eigenvalue weighted by Gasteiger charge is -2.13. The lowest BCUT2D eigenvalue weighted by molar-refractivity contribution is 0.623. The van der Waals surface area contributed by atoms with Crippen molar-refractivity contribution >= 4 is 29.9 Å². The van der Waals surface area contributed by atoms with Crippen LogP contribution in [0.5, 0.6) is 0 Å². The second-order valence-corrected chi connectivity index (χ2v) is 6.03. The van der Waals surface area contributed by atoms with E-state index in [0.29, 0.717) is 18.5 Å². The first-order chi connectivity index (χ1) is 9.74. The topological polar surface area (TPSA) is 68.2 Å². The molecule has 1 aromatic heterocycles. The highest BCUT2D eigenvalue weighted by molar-refractivity contribution is 14.0. The Morgan fingerprint density at radius 2 is 2.00 bits per heavy atom. The molecule has 21 heavy (non-hydrogen) atoms. The zero-order valence-corrected chi connectivity index (χ0v) is 15.1. The van der Waals surface area contributed by atoms with Crippen LogP contribution >= 0.6 is 24.0 Å². The third kappa shape index (κ3) is 3.90. The molecule has 2 aliphatic rings. The van der Waals surface area contributed by atoms with Gasteiger partial charge < -0.3 is 11.1 Å². The molecule has 0 aliphatic heterocycles. The summed E-state index contributed by atoms with van der Waals surface area (Å²) in [6, 6.07) is 0.527. The number of hydrogen-bond donors (Lipinski definition) is 2. The lowest BCUT2D eigenvalue weighted by Crippen LogP contribution is -2.38. The summed E-state index contributed by atoms with van der Waals surface area (Å²) in [6.45, 7) is 0.643. The van der Waals surface area contributed by atoms with E-state index in [1.54, 1.807) is 0 Å². The van der Waals surface area contributed by atoms with Gasteiger partial charge in [-0.1, -0.05) is 12.8 Å². The molecule has 6 heteroatoms. The van der Waals surface area contributed by atoms with E-state index in [0.717, 1.165) is 12.8 Å². The van der Waals surface area contributed by atoms with Crippen molar-refractivity contribution in [3.8, 4) is 0 Å². The van der Waals surface area contributed by atoms with Crippen LogP contribution in [0.25, 0.3) is 0 Å². The second-order valence-electron chi connectivity index (χ2n) is 6.03. The van der Waals surface area contributed by atoms with Gasteiger partial charge in [0.2, 0.25) is 0 Å². The fourth-order valence-electron chi connectivity index (χ4n) is 3.43. The maximum Gasteiger partial charge on any atom is 0.189 e. The van der Waals surface area contributed by atoms with Gasteiger partial charge in [0.05, 0.1) is 17.9 Å². The molecule has 0 atom stereocenters. The highest BCUT2D eigenvalue weighted by Crippen LogP contribution is 2.24. The van der Waals surface area contributed by atoms with Crippen LogP contribution in [0.3, 0.4) is 0 Å². The number of halogens is 1. The summed E-state index contributed by atoms with van der Waals surface area (Å²) in [6.07, 6.45) is 9.84. The van der Waals surface area contributed by atoms with Crippen LogP contribution in [-0.4, -0.2) is 21.8 Å². The van der Waals surface area contributed by atoms with E-state index in [1.165, 1.54) is 55.5 Å². The van der Waals surface area contributed by atoms with Crippen LogP contribution in [0.2, 0.25) is 0 Å². The fraction of sp³-hybridized carbons (Fsp3) is 0.733. The van der Waals surface area contributed by atoms with E-state index in [2.05, 4.69) is 15.4 Å². The minimum Gasteiger partial charge on any atom is -0.370 e. The Morgan fingerprint density at radius 3 is 2.76 bits per heavy atom. The van der Waals surface area contributed by atoms with Crippen molar-refractivity contribution in [1.82, 2.24) is 15.1 Å². The van der Waals surface area contributed by atoms with Crippen molar-refractivity contribution in [1.29, 1.82) is 0 Å².